The van der Waals surface area contributed by atoms with Gasteiger partial charge in [-0.25, -0.2) is 4.79 Å². The lowest BCUT2D eigenvalue weighted by molar-refractivity contribution is -0.121. The van der Waals surface area contributed by atoms with Crippen molar-refractivity contribution in [2.75, 3.05) is 5.32 Å². The molecule has 2 aromatic rings. The lowest BCUT2D eigenvalue weighted by Crippen LogP contribution is -2.52. The van der Waals surface area contributed by atoms with Crippen molar-refractivity contribution < 1.29 is 23.5 Å². The number of nitrogens with one attached hydrogen (secondary N) is 1. The Labute approximate surface area is 183 Å². The number of carbonyl (C=O) groups excluding carboxylic acids is 3. The predicted octanol–water partition coefficient (Wildman–Crippen LogP) is 4.41. The zero-order valence-corrected chi connectivity index (χ0v) is 19.3. The number of likely N-dealkylation sites (tertiary alicyclic amines) is 1. The van der Waals surface area contributed by atoms with E-state index in [1.807, 2.05) is 13.8 Å². The molecule has 0 saturated carbocycles. The average Bonchev–Trinajstić information content (AvgIpc) is 3.10. The molecule has 0 aliphatic carbocycles. The third-order valence-corrected chi connectivity index (χ3v) is 5.50. The summed E-state index contributed by atoms with van der Waals surface area (Å²) in [6, 6.07) is 4.40. The molecule has 9 heteroatoms. The van der Waals surface area contributed by atoms with Crippen LogP contribution in [0.1, 0.15) is 58.0 Å². The van der Waals surface area contributed by atoms with Crippen LogP contribution in [0.15, 0.2) is 27.1 Å². The predicted molar refractivity (Wildman–Crippen MR) is 116 cm³/mol. The van der Waals surface area contributed by atoms with E-state index in [2.05, 4.69) is 21.2 Å². The molecule has 1 aliphatic heterocycles. The summed E-state index contributed by atoms with van der Waals surface area (Å²) < 4.78 is 11.8. The van der Waals surface area contributed by atoms with Crippen LogP contribution in [-0.2, 0) is 9.53 Å². The molecule has 0 spiro atoms. The molecule has 1 unspecified atom stereocenters. The topological polar surface area (TPSA) is 115 Å². The van der Waals surface area contributed by atoms with Gasteiger partial charge in [0.15, 0.2) is 0 Å². The number of amides is 3. The molecule has 1 aromatic heterocycles. The van der Waals surface area contributed by atoms with Crippen LogP contribution < -0.4 is 11.1 Å². The maximum absolute atomic E-state index is 13.2. The SMILES string of the molecule is CC(C)(C)OC(=O)N1C(C(=O)Nc2c(C(N)=O)oc3ccc(Br)cc23)CCC1(C)C. The Morgan fingerprint density at radius 1 is 1.30 bits per heavy atom. The first kappa shape index (κ1) is 22.1. The van der Waals surface area contributed by atoms with Crippen molar-refractivity contribution in [3.63, 3.8) is 0 Å². The molecular formula is C21H26BrN3O5. The summed E-state index contributed by atoms with van der Waals surface area (Å²) in [7, 11) is 0. The number of primary amides is 1. The molecule has 0 radical (unpaired) electrons. The molecule has 3 rings (SSSR count). The van der Waals surface area contributed by atoms with Crippen LogP contribution >= 0.6 is 15.9 Å². The van der Waals surface area contributed by atoms with Gasteiger partial charge in [0.1, 0.15) is 22.9 Å². The third kappa shape index (κ3) is 4.30. The van der Waals surface area contributed by atoms with Crippen molar-refractivity contribution in [3.8, 4) is 0 Å². The fourth-order valence-corrected chi connectivity index (χ4v) is 4.03. The monoisotopic (exact) mass is 479 g/mol. The molecular weight excluding hydrogens is 454 g/mol. The first-order valence-electron chi connectivity index (χ1n) is 9.65. The fraction of sp³-hybridized carbons (Fsp3) is 0.476. The number of halogens is 1. The number of hydrogen-bond donors (Lipinski definition) is 2. The molecule has 1 aliphatic rings. The van der Waals surface area contributed by atoms with Crippen LogP contribution in [-0.4, -0.2) is 40.0 Å². The molecule has 3 N–H and O–H groups in total. The van der Waals surface area contributed by atoms with Crippen LogP contribution in [0.3, 0.4) is 0 Å². The number of nitrogens with two attached hydrogens (primary N) is 1. The van der Waals surface area contributed by atoms with E-state index < -0.39 is 35.1 Å². The fourth-order valence-electron chi connectivity index (χ4n) is 3.67. The number of carbonyl (C=O) groups is 3. The van der Waals surface area contributed by atoms with Gasteiger partial charge in [0.05, 0.1) is 0 Å². The summed E-state index contributed by atoms with van der Waals surface area (Å²) in [5, 5.41) is 3.30. The van der Waals surface area contributed by atoms with Gasteiger partial charge in [0.25, 0.3) is 5.91 Å². The second-order valence-corrected chi connectivity index (χ2v) is 9.93. The van der Waals surface area contributed by atoms with Gasteiger partial charge in [-0.3, -0.25) is 14.5 Å². The molecule has 1 atom stereocenters. The number of anilines is 1. The van der Waals surface area contributed by atoms with E-state index >= 15 is 0 Å². The van der Waals surface area contributed by atoms with Crippen molar-refractivity contribution >= 4 is 50.5 Å². The Kier molecular flexibility index (Phi) is 5.62. The number of furan rings is 1. The lowest BCUT2D eigenvalue weighted by Gasteiger charge is -2.36. The van der Waals surface area contributed by atoms with Crippen LogP contribution in [0.25, 0.3) is 11.0 Å². The second kappa shape index (κ2) is 7.61. The van der Waals surface area contributed by atoms with Gasteiger partial charge >= 0.3 is 6.09 Å². The molecule has 1 saturated heterocycles. The number of hydrogen-bond acceptors (Lipinski definition) is 5. The average molecular weight is 480 g/mol. The number of rotatable bonds is 3. The summed E-state index contributed by atoms with van der Waals surface area (Å²) in [5.74, 6) is -1.37. The number of fused-ring (bicyclic) bond motifs is 1. The van der Waals surface area contributed by atoms with Gasteiger partial charge in [0, 0.05) is 15.4 Å². The van der Waals surface area contributed by atoms with Crippen molar-refractivity contribution in [2.45, 2.75) is 64.6 Å². The highest BCUT2D eigenvalue weighted by molar-refractivity contribution is 9.10. The van der Waals surface area contributed by atoms with Crippen molar-refractivity contribution in [1.82, 2.24) is 4.90 Å². The normalized spacial score (nSPS) is 18.5. The molecule has 2 heterocycles. The van der Waals surface area contributed by atoms with E-state index in [0.717, 1.165) is 4.47 Å². The Bertz CT molecular complexity index is 1020. The Morgan fingerprint density at radius 2 is 1.97 bits per heavy atom. The number of ether oxygens (including phenoxy) is 1. The van der Waals surface area contributed by atoms with Crippen LogP contribution in [0.5, 0.6) is 0 Å². The van der Waals surface area contributed by atoms with Gasteiger partial charge < -0.3 is 20.2 Å². The molecule has 8 nitrogen and oxygen atoms in total. The van der Waals surface area contributed by atoms with E-state index in [0.29, 0.717) is 23.8 Å². The van der Waals surface area contributed by atoms with E-state index in [1.165, 1.54) is 4.90 Å². The summed E-state index contributed by atoms with van der Waals surface area (Å²) in [4.78, 5) is 39.4. The third-order valence-electron chi connectivity index (χ3n) is 5.01. The first-order valence-corrected chi connectivity index (χ1v) is 10.4. The maximum atomic E-state index is 13.2. The number of benzene rings is 1. The summed E-state index contributed by atoms with van der Waals surface area (Å²) >= 11 is 3.38. The highest BCUT2D eigenvalue weighted by atomic mass is 79.9. The molecule has 162 valence electrons. The zero-order chi connectivity index (χ0) is 22.4. The minimum absolute atomic E-state index is 0.141. The highest BCUT2D eigenvalue weighted by Gasteiger charge is 2.47. The van der Waals surface area contributed by atoms with Gasteiger partial charge in [-0.1, -0.05) is 15.9 Å². The zero-order valence-electron chi connectivity index (χ0n) is 17.7. The van der Waals surface area contributed by atoms with E-state index in [-0.39, 0.29) is 11.4 Å². The van der Waals surface area contributed by atoms with Crippen molar-refractivity contribution in [1.29, 1.82) is 0 Å². The second-order valence-electron chi connectivity index (χ2n) is 9.02. The summed E-state index contributed by atoms with van der Waals surface area (Å²) in [6.07, 6.45) is 0.536. The molecule has 1 fully saturated rings. The van der Waals surface area contributed by atoms with Gasteiger partial charge in [-0.05, 0) is 65.7 Å². The summed E-state index contributed by atoms with van der Waals surface area (Å²) in [5.41, 5.74) is 4.81. The molecule has 3 amide bonds. The van der Waals surface area contributed by atoms with Gasteiger partial charge in [-0.15, -0.1) is 0 Å². The van der Waals surface area contributed by atoms with Crippen LogP contribution in [0.2, 0.25) is 0 Å². The number of nitrogens with zero attached hydrogens (tertiary/aromatic N) is 1. The minimum atomic E-state index is -0.798. The largest absolute Gasteiger partial charge is 0.449 e. The van der Waals surface area contributed by atoms with E-state index in [1.54, 1.807) is 39.0 Å². The van der Waals surface area contributed by atoms with Crippen LogP contribution in [0, 0.1) is 0 Å². The highest BCUT2D eigenvalue weighted by Crippen LogP contribution is 2.37. The Morgan fingerprint density at radius 3 is 2.57 bits per heavy atom. The van der Waals surface area contributed by atoms with Crippen molar-refractivity contribution in [2.24, 2.45) is 5.73 Å². The first-order chi connectivity index (χ1) is 13.8. The smallest absolute Gasteiger partial charge is 0.411 e. The summed E-state index contributed by atoms with van der Waals surface area (Å²) in [6.45, 7) is 9.11. The van der Waals surface area contributed by atoms with Gasteiger partial charge in [0.2, 0.25) is 11.7 Å². The molecule has 0 bridgehead atoms. The van der Waals surface area contributed by atoms with Gasteiger partial charge in [-0.2, -0.15) is 0 Å². The quantitative estimate of drug-likeness (QED) is 0.676. The van der Waals surface area contributed by atoms with E-state index in [9.17, 15) is 14.4 Å². The van der Waals surface area contributed by atoms with E-state index in [4.69, 9.17) is 14.9 Å². The minimum Gasteiger partial charge on any atom is -0.449 e. The standard InChI is InChI=1S/C21H26BrN3O5/c1-20(2,3)30-19(28)25-13(8-9-21(25,4)5)18(27)24-15-12-10-11(22)6-7-14(12)29-16(15)17(23)26/h6-7,10,13H,8-9H2,1-5H3,(H2,23,26)(H,24,27). The van der Waals surface area contributed by atoms with Crippen molar-refractivity contribution in [3.05, 3.63) is 28.4 Å². The lowest BCUT2D eigenvalue weighted by atomic mass is 10.0. The maximum Gasteiger partial charge on any atom is 0.411 e. The molecule has 30 heavy (non-hydrogen) atoms. The Hall–Kier alpha value is -2.55. The molecule has 1 aromatic carbocycles. The van der Waals surface area contributed by atoms with Crippen LogP contribution in [0.4, 0.5) is 10.5 Å². The Balaban J connectivity index is 1.95.